The third-order valence-electron chi connectivity index (χ3n) is 8.87. The first-order valence-electron chi connectivity index (χ1n) is 16.2. The van der Waals surface area contributed by atoms with Gasteiger partial charge in [-0.25, -0.2) is 0 Å². The summed E-state index contributed by atoms with van der Waals surface area (Å²) >= 11 is 1.24. The van der Waals surface area contributed by atoms with Crippen LogP contribution in [0.5, 0.6) is 46.0 Å². The standard InChI is InChI=1S/C38H30N2O10S/c41-37(39(14-23-1-5-28-32(9-23)47-19-43-28)15-24-2-6-29-33(10-24)48-20-44-29)27-13-36(51-18-27)38(42)40(16-25-3-7-30-34(11-25)49-21-45-30)17-26-4-8-31-35(12-26)50-22-46-31/h1-13,18H,14-17,19-22H2. The molecule has 0 aliphatic carbocycles. The molecular formula is C38H30N2O10S. The topological polar surface area (TPSA) is 114 Å². The minimum absolute atomic E-state index is 0.157. The minimum Gasteiger partial charge on any atom is -0.454 e. The number of amides is 2. The van der Waals surface area contributed by atoms with Crippen LogP contribution < -0.4 is 37.9 Å². The molecule has 2 amide bonds. The summed E-state index contributed by atoms with van der Waals surface area (Å²) in [6.07, 6.45) is 0. The summed E-state index contributed by atoms with van der Waals surface area (Å²) < 4.78 is 44.3. The largest absolute Gasteiger partial charge is 0.454 e. The zero-order valence-corrected chi connectivity index (χ0v) is 27.9. The molecule has 0 radical (unpaired) electrons. The van der Waals surface area contributed by atoms with Crippen molar-refractivity contribution in [2.45, 2.75) is 26.2 Å². The number of carbonyl (C=O) groups excluding carboxylic acids is 2. The average Bonchev–Trinajstić information content (AvgIpc) is 4.00. The Hall–Kier alpha value is -6.08. The van der Waals surface area contributed by atoms with Gasteiger partial charge in [0.05, 0.1) is 10.4 Å². The zero-order chi connectivity index (χ0) is 34.3. The van der Waals surface area contributed by atoms with E-state index in [1.807, 2.05) is 72.8 Å². The Morgan fingerprint density at radius 2 is 0.784 bits per heavy atom. The lowest BCUT2D eigenvalue weighted by Crippen LogP contribution is -2.30. The molecule has 258 valence electrons. The summed E-state index contributed by atoms with van der Waals surface area (Å²) in [6, 6.07) is 24.3. The number of nitrogens with zero attached hydrogens (tertiary/aromatic N) is 2. The highest BCUT2D eigenvalue weighted by molar-refractivity contribution is 7.12. The number of hydrogen-bond donors (Lipinski definition) is 0. The van der Waals surface area contributed by atoms with Crippen LogP contribution in [-0.2, 0) is 26.2 Å². The van der Waals surface area contributed by atoms with Crippen molar-refractivity contribution in [3.8, 4) is 46.0 Å². The summed E-state index contributed by atoms with van der Waals surface area (Å²) in [5.41, 5.74) is 3.91. The second-order valence-corrected chi connectivity index (χ2v) is 13.2. The number of thiophene rings is 1. The third kappa shape index (κ3) is 6.27. The first kappa shape index (κ1) is 30.9. The summed E-state index contributed by atoms with van der Waals surface area (Å²) in [7, 11) is 0. The van der Waals surface area contributed by atoms with Gasteiger partial charge < -0.3 is 47.7 Å². The maximum Gasteiger partial charge on any atom is 0.264 e. The van der Waals surface area contributed by atoms with Gasteiger partial charge in [-0.15, -0.1) is 11.3 Å². The molecule has 0 spiro atoms. The van der Waals surface area contributed by atoms with Gasteiger partial charge in [0, 0.05) is 31.6 Å². The predicted octanol–water partition coefficient (Wildman–Crippen LogP) is 6.35. The van der Waals surface area contributed by atoms with Crippen LogP contribution in [-0.4, -0.2) is 48.8 Å². The number of fused-ring (bicyclic) bond motifs is 4. The second kappa shape index (κ2) is 13.0. The van der Waals surface area contributed by atoms with Crippen molar-refractivity contribution in [3.63, 3.8) is 0 Å². The fourth-order valence-electron chi connectivity index (χ4n) is 6.34. The van der Waals surface area contributed by atoms with E-state index < -0.39 is 0 Å². The van der Waals surface area contributed by atoms with E-state index in [1.165, 1.54) is 11.3 Å². The van der Waals surface area contributed by atoms with Gasteiger partial charge >= 0.3 is 0 Å². The van der Waals surface area contributed by atoms with Gasteiger partial charge in [-0.2, -0.15) is 0 Å². The fourth-order valence-corrected chi connectivity index (χ4v) is 7.18. The number of carbonyl (C=O) groups is 2. The number of ether oxygens (including phenoxy) is 8. The Labute approximate surface area is 296 Å². The Balaban J connectivity index is 0.991. The zero-order valence-electron chi connectivity index (χ0n) is 27.1. The van der Waals surface area contributed by atoms with E-state index in [0.29, 0.717) is 82.6 Å². The molecule has 4 aromatic carbocycles. The van der Waals surface area contributed by atoms with Crippen LogP contribution in [0.25, 0.3) is 0 Å². The van der Waals surface area contributed by atoms with E-state index in [0.717, 1.165) is 22.3 Å². The number of rotatable bonds is 10. The van der Waals surface area contributed by atoms with Crippen LogP contribution in [0.15, 0.2) is 84.2 Å². The molecule has 0 atom stereocenters. The Kier molecular flexibility index (Phi) is 7.88. The van der Waals surface area contributed by atoms with Crippen molar-refractivity contribution < 1.29 is 47.5 Å². The monoisotopic (exact) mass is 706 g/mol. The third-order valence-corrected chi connectivity index (χ3v) is 9.79. The van der Waals surface area contributed by atoms with E-state index in [9.17, 15) is 9.59 Å². The minimum atomic E-state index is -0.223. The first-order chi connectivity index (χ1) is 25.0. The van der Waals surface area contributed by atoms with Crippen LogP contribution in [0.3, 0.4) is 0 Å². The lowest BCUT2D eigenvalue weighted by atomic mass is 10.1. The van der Waals surface area contributed by atoms with Gasteiger partial charge in [-0.1, -0.05) is 24.3 Å². The molecule has 9 rings (SSSR count). The van der Waals surface area contributed by atoms with Gasteiger partial charge in [-0.3, -0.25) is 9.59 Å². The second-order valence-electron chi connectivity index (χ2n) is 12.3. The molecule has 4 aliphatic rings. The van der Waals surface area contributed by atoms with E-state index >= 15 is 0 Å². The maximum atomic E-state index is 14.3. The molecule has 5 heterocycles. The SMILES string of the molecule is O=C(c1csc(C(=O)N(Cc2ccc3c(c2)OCO3)Cc2ccc3c(c2)OCO3)c1)N(Cc1ccc2c(c1)OCO2)Cc1ccc2c(c1)OCO2. The molecule has 1 aromatic heterocycles. The molecule has 12 nitrogen and oxygen atoms in total. The van der Waals surface area contributed by atoms with E-state index in [2.05, 4.69) is 0 Å². The van der Waals surface area contributed by atoms with Gasteiger partial charge in [0.2, 0.25) is 27.2 Å². The van der Waals surface area contributed by atoms with Crippen molar-refractivity contribution in [3.05, 3.63) is 117 Å². The van der Waals surface area contributed by atoms with E-state index in [4.69, 9.17) is 37.9 Å². The van der Waals surface area contributed by atoms with E-state index in [1.54, 1.807) is 21.2 Å². The molecule has 5 aromatic rings. The Morgan fingerprint density at radius 1 is 0.451 bits per heavy atom. The van der Waals surface area contributed by atoms with Crippen LogP contribution in [0, 0.1) is 0 Å². The Morgan fingerprint density at radius 3 is 1.16 bits per heavy atom. The van der Waals surface area contributed by atoms with Gasteiger partial charge in [-0.05, 0) is 76.9 Å². The molecule has 0 unspecified atom stereocenters. The van der Waals surface area contributed by atoms with Crippen molar-refractivity contribution in [1.29, 1.82) is 0 Å². The van der Waals surface area contributed by atoms with E-state index in [-0.39, 0.29) is 39.0 Å². The highest BCUT2D eigenvalue weighted by Gasteiger charge is 2.26. The lowest BCUT2D eigenvalue weighted by molar-refractivity contribution is 0.0730. The molecule has 4 aliphatic heterocycles. The van der Waals surface area contributed by atoms with Crippen LogP contribution in [0.4, 0.5) is 0 Å². The molecular weight excluding hydrogens is 676 g/mol. The van der Waals surface area contributed by atoms with Gasteiger partial charge in [0.15, 0.2) is 46.0 Å². The average molecular weight is 707 g/mol. The van der Waals surface area contributed by atoms with Crippen molar-refractivity contribution in [2.75, 3.05) is 27.2 Å². The first-order valence-corrected chi connectivity index (χ1v) is 17.1. The summed E-state index contributed by atoms with van der Waals surface area (Å²) in [4.78, 5) is 32.5. The van der Waals surface area contributed by atoms with Gasteiger partial charge in [0.25, 0.3) is 11.8 Å². The maximum absolute atomic E-state index is 14.3. The number of hydrogen-bond acceptors (Lipinski definition) is 11. The van der Waals surface area contributed by atoms with Crippen molar-refractivity contribution in [1.82, 2.24) is 9.80 Å². The molecule has 0 fully saturated rings. The molecule has 0 saturated carbocycles. The predicted molar refractivity (Wildman–Crippen MR) is 182 cm³/mol. The molecule has 51 heavy (non-hydrogen) atoms. The highest BCUT2D eigenvalue weighted by Crippen LogP contribution is 2.37. The molecule has 0 N–H and O–H groups in total. The Bertz CT molecular complexity index is 1900. The summed E-state index contributed by atoms with van der Waals surface area (Å²) in [6.45, 7) is 1.81. The molecule has 0 saturated heterocycles. The van der Waals surface area contributed by atoms with Crippen LogP contribution >= 0.6 is 11.3 Å². The van der Waals surface area contributed by atoms with Crippen LogP contribution in [0.1, 0.15) is 42.3 Å². The molecule has 13 heteroatoms. The summed E-state index contributed by atoms with van der Waals surface area (Å²) in [5.74, 6) is 4.77. The highest BCUT2D eigenvalue weighted by atomic mass is 32.1. The fraction of sp³-hybridized carbons (Fsp3) is 0.211. The lowest BCUT2D eigenvalue weighted by Gasteiger charge is -2.23. The normalized spacial score (nSPS) is 14.1. The molecule has 0 bridgehead atoms. The van der Waals surface area contributed by atoms with Crippen molar-refractivity contribution in [2.24, 2.45) is 0 Å². The van der Waals surface area contributed by atoms with Crippen LogP contribution in [0.2, 0.25) is 0 Å². The van der Waals surface area contributed by atoms with Gasteiger partial charge in [0.1, 0.15) is 0 Å². The van der Waals surface area contributed by atoms with Crippen molar-refractivity contribution >= 4 is 23.2 Å². The summed E-state index contributed by atoms with van der Waals surface area (Å²) in [5, 5.41) is 1.74. The smallest absolute Gasteiger partial charge is 0.264 e. The quantitative estimate of drug-likeness (QED) is 0.163. The number of benzene rings is 4.